The van der Waals surface area contributed by atoms with Gasteiger partial charge in [-0.3, -0.25) is 0 Å². The number of hydrogen-bond acceptors (Lipinski definition) is 1. The van der Waals surface area contributed by atoms with Crippen molar-refractivity contribution in [2.45, 2.75) is 25.8 Å². The van der Waals surface area contributed by atoms with Crippen LogP contribution in [0.15, 0.2) is 18.2 Å². The zero-order chi connectivity index (χ0) is 9.26. The number of rotatable bonds is 0. The summed E-state index contributed by atoms with van der Waals surface area (Å²) in [6, 6.07) is 6.80. The molecule has 70 valence electrons. The lowest BCUT2D eigenvalue weighted by Crippen LogP contribution is -2.27. The molecule has 0 bridgehead atoms. The third-order valence-corrected chi connectivity index (χ3v) is 2.82. The van der Waals surface area contributed by atoms with E-state index in [-0.39, 0.29) is 0 Å². The van der Waals surface area contributed by atoms with Crippen molar-refractivity contribution in [2.24, 2.45) is 0 Å². The van der Waals surface area contributed by atoms with Gasteiger partial charge in [-0.1, -0.05) is 17.7 Å². The molecule has 1 aromatic rings. The molecule has 0 aliphatic carbocycles. The van der Waals surface area contributed by atoms with Crippen LogP contribution in [0.3, 0.4) is 0 Å². The normalized spacial score (nSPS) is 22.2. The number of hydrogen-bond donors (Lipinski definition) is 1. The van der Waals surface area contributed by atoms with E-state index in [0.29, 0.717) is 6.04 Å². The Morgan fingerprint density at radius 3 is 3.08 bits per heavy atom. The fourth-order valence-corrected chi connectivity index (χ4v) is 2.08. The van der Waals surface area contributed by atoms with Crippen LogP contribution in [-0.4, -0.2) is 12.6 Å². The van der Waals surface area contributed by atoms with Crippen molar-refractivity contribution < 1.29 is 0 Å². The van der Waals surface area contributed by atoms with Gasteiger partial charge in [-0.15, -0.1) is 0 Å². The quantitative estimate of drug-likeness (QED) is 0.671. The zero-order valence-corrected chi connectivity index (χ0v) is 8.56. The molecule has 1 N–H and O–H groups in total. The molecule has 0 unspecified atom stereocenters. The van der Waals surface area contributed by atoms with Crippen LogP contribution in [0.25, 0.3) is 0 Å². The van der Waals surface area contributed by atoms with Crippen molar-refractivity contribution in [3.63, 3.8) is 0 Å². The Morgan fingerprint density at radius 1 is 1.38 bits per heavy atom. The highest BCUT2D eigenvalue weighted by Gasteiger charge is 2.12. The average Bonchev–Trinajstić information content (AvgIpc) is 2.25. The van der Waals surface area contributed by atoms with Crippen LogP contribution in [0, 0.1) is 0 Å². The fraction of sp³-hybridized carbons (Fsp3) is 0.455. The predicted octanol–water partition coefficient (Wildman–Crippen LogP) is 2.42. The Morgan fingerprint density at radius 2 is 2.23 bits per heavy atom. The van der Waals surface area contributed by atoms with E-state index in [4.69, 9.17) is 11.6 Å². The second-order valence-electron chi connectivity index (χ2n) is 3.72. The standard InChI is InChI=1S/C11H14ClN/c1-8-6-10-7-11(12)3-2-9(10)4-5-13-8/h2-3,7-8,13H,4-6H2,1H3/t8-/m0/s1. The average molecular weight is 196 g/mol. The van der Waals surface area contributed by atoms with Crippen molar-refractivity contribution in [1.29, 1.82) is 0 Å². The Kier molecular flexibility index (Phi) is 2.56. The van der Waals surface area contributed by atoms with Crippen LogP contribution < -0.4 is 5.32 Å². The molecular formula is C11H14ClN. The van der Waals surface area contributed by atoms with Crippen LogP contribution in [0.1, 0.15) is 18.1 Å². The summed E-state index contributed by atoms with van der Waals surface area (Å²) in [7, 11) is 0. The van der Waals surface area contributed by atoms with E-state index >= 15 is 0 Å². The maximum absolute atomic E-state index is 5.96. The smallest absolute Gasteiger partial charge is 0.0408 e. The van der Waals surface area contributed by atoms with Crippen LogP contribution >= 0.6 is 11.6 Å². The molecule has 1 heterocycles. The number of benzene rings is 1. The molecule has 1 atom stereocenters. The van der Waals surface area contributed by atoms with Crippen LogP contribution in [0.5, 0.6) is 0 Å². The van der Waals surface area contributed by atoms with E-state index in [2.05, 4.69) is 24.4 Å². The van der Waals surface area contributed by atoms with Gasteiger partial charge in [0.15, 0.2) is 0 Å². The summed E-state index contributed by atoms with van der Waals surface area (Å²) in [5.41, 5.74) is 2.85. The van der Waals surface area contributed by atoms with Gasteiger partial charge in [0.1, 0.15) is 0 Å². The molecule has 2 heteroatoms. The van der Waals surface area contributed by atoms with E-state index in [0.717, 1.165) is 24.4 Å². The summed E-state index contributed by atoms with van der Waals surface area (Å²) in [4.78, 5) is 0. The van der Waals surface area contributed by atoms with Crippen molar-refractivity contribution in [2.75, 3.05) is 6.54 Å². The molecular weight excluding hydrogens is 182 g/mol. The molecule has 1 aliphatic rings. The first kappa shape index (κ1) is 9.04. The van der Waals surface area contributed by atoms with E-state index in [1.54, 1.807) is 0 Å². The molecule has 0 spiro atoms. The number of fused-ring (bicyclic) bond motifs is 1. The first-order valence-electron chi connectivity index (χ1n) is 4.76. The summed E-state index contributed by atoms with van der Waals surface area (Å²) < 4.78 is 0. The first-order chi connectivity index (χ1) is 6.25. The Hall–Kier alpha value is -0.530. The fourth-order valence-electron chi connectivity index (χ4n) is 1.88. The summed E-state index contributed by atoms with van der Waals surface area (Å²) in [6.45, 7) is 3.30. The van der Waals surface area contributed by atoms with Gasteiger partial charge in [-0.25, -0.2) is 0 Å². The van der Waals surface area contributed by atoms with Gasteiger partial charge >= 0.3 is 0 Å². The largest absolute Gasteiger partial charge is 0.314 e. The number of halogens is 1. The van der Waals surface area contributed by atoms with Gasteiger partial charge in [0.25, 0.3) is 0 Å². The van der Waals surface area contributed by atoms with Crippen molar-refractivity contribution in [1.82, 2.24) is 5.32 Å². The molecule has 0 amide bonds. The molecule has 1 aromatic carbocycles. The van der Waals surface area contributed by atoms with Crippen molar-refractivity contribution in [3.8, 4) is 0 Å². The molecule has 0 radical (unpaired) electrons. The topological polar surface area (TPSA) is 12.0 Å². The Bertz CT molecular complexity index is 309. The lowest BCUT2D eigenvalue weighted by atomic mass is 10.0. The Labute approximate surface area is 84.1 Å². The van der Waals surface area contributed by atoms with Gasteiger partial charge in [0.05, 0.1) is 0 Å². The predicted molar refractivity (Wildman–Crippen MR) is 56.3 cm³/mol. The number of nitrogens with one attached hydrogen (secondary N) is 1. The minimum atomic E-state index is 0.569. The van der Waals surface area contributed by atoms with Crippen LogP contribution in [-0.2, 0) is 12.8 Å². The molecule has 1 nitrogen and oxygen atoms in total. The maximum Gasteiger partial charge on any atom is 0.0408 e. The van der Waals surface area contributed by atoms with Crippen LogP contribution in [0.4, 0.5) is 0 Å². The highest BCUT2D eigenvalue weighted by molar-refractivity contribution is 6.30. The van der Waals surface area contributed by atoms with E-state index < -0.39 is 0 Å². The van der Waals surface area contributed by atoms with Crippen molar-refractivity contribution >= 4 is 11.6 Å². The molecule has 0 saturated heterocycles. The molecule has 0 fully saturated rings. The van der Waals surface area contributed by atoms with Gasteiger partial charge in [-0.2, -0.15) is 0 Å². The Balaban J connectivity index is 2.35. The lowest BCUT2D eigenvalue weighted by Gasteiger charge is -2.09. The van der Waals surface area contributed by atoms with E-state index in [9.17, 15) is 0 Å². The first-order valence-corrected chi connectivity index (χ1v) is 5.14. The SMILES string of the molecule is C[C@H]1Cc2cc(Cl)ccc2CCN1. The second-order valence-corrected chi connectivity index (χ2v) is 4.16. The van der Waals surface area contributed by atoms with E-state index in [1.165, 1.54) is 11.1 Å². The highest BCUT2D eigenvalue weighted by Crippen LogP contribution is 2.19. The third-order valence-electron chi connectivity index (χ3n) is 2.58. The molecule has 0 aromatic heterocycles. The molecule has 2 rings (SSSR count). The van der Waals surface area contributed by atoms with Crippen molar-refractivity contribution in [3.05, 3.63) is 34.3 Å². The minimum Gasteiger partial charge on any atom is -0.314 e. The summed E-state index contributed by atoms with van der Waals surface area (Å²) in [6.07, 6.45) is 2.22. The minimum absolute atomic E-state index is 0.569. The maximum atomic E-state index is 5.96. The highest BCUT2D eigenvalue weighted by atomic mass is 35.5. The van der Waals surface area contributed by atoms with Gasteiger partial charge in [0.2, 0.25) is 0 Å². The van der Waals surface area contributed by atoms with E-state index in [1.807, 2.05) is 6.07 Å². The summed E-state index contributed by atoms with van der Waals surface area (Å²) >= 11 is 5.96. The van der Waals surface area contributed by atoms with Crippen LogP contribution in [0.2, 0.25) is 5.02 Å². The third kappa shape index (κ3) is 2.04. The van der Waals surface area contributed by atoms with Gasteiger partial charge < -0.3 is 5.32 Å². The van der Waals surface area contributed by atoms with Gasteiger partial charge in [0, 0.05) is 11.1 Å². The van der Waals surface area contributed by atoms with Gasteiger partial charge in [-0.05, 0) is 49.6 Å². The second kappa shape index (κ2) is 3.69. The molecule has 13 heavy (non-hydrogen) atoms. The molecule has 0 saturated carbocycles. The monoisotopic (exact) mass is 195 g/mol. The summed E-state index contributed by atoms with van der Waals surface area (Å²) in [5, 5.41) is 4.32. The zero-order valence-electron chi connectivity index (χ0n) is 7.81. The summed E-state index contributed by atoms with van der Waals surface area (Å²) in [5.74, 6) is 0. The lowest BCUT2D eigenvalue weighted by molar-refractivity contribution is 0.568. The molecule has 1 aliphatic heterocycles.